The maximum atomic E-state index is 13.1. The highest BCUT2D eigenvalue weighted by Crippen LogP contribution is 2.37. The molecule has 6 nitrogen and oxygen atoms in total. The molecular formula is C28H34FN5O. The number of carbonyl (C=O) groups is 1. The van der Waals surface area contributed by atoms with E-state index in [2.05, 4.69) is 65.6 Å². The summed E-state index contributed by atoms with van der Waals surface area (Å²) in [5.41, 5.74) is 4.30. The summed E-state index contributed by atoms with van der Waals surface area (Å²) in [6, 6.07) is 15.2. The molecule has 2 aromatic carbocycles. The van der Waals surface area contributed by atoms with Gasteiger partial charge in [-0.3, -0.25) is 14.4 Å². The monoisotopic (exact) mass is 475 g/mol. The number of rotatable bonds is 6. The number of benzene rings is 2. The summed E-state index contributed by atoms with van der Waals surface area (Å²) in [4.78, 5) is 15.3. The van der Waals surface area contributed by atoms with Gasteiger partial charge in [-0.2, -0.15) is 0 Å². The molecule has 6 rings (SSSR count). The fourth-order valence-electron chi connectivity index (χ4n) is 5.42. The Hall–Kier alpha value is -3.06. The molecule has 3 aliphatic heterocycles. The lowest BCUT2D eigenvalue weighted by Gasteiger charge is -2.49. The Morgan fingerprint density at radius 1 is 1.11 bits per heavy atom. The van der Waals surface area contributed by atoms with E-state index in [0.29, 0.717) is 18.5 Å². The molecule has 1 unspecified atom stereocenters. The van der Waals surface area contributed by atoms with Crippen LogP contribution in [0.25, 0.3) is 11.3 Å². The molecular weight excluding hydrogens is 441 g/mol. The number of hydrogen-bond donors (Lipinski definition) is 1. The summed E-state index contributed by atoms with van der Waals surface area (Å²) in [5, 5.41) is 11.9. The Bertz CT molecular complexity index is 1170. The number of nitrogens with one attached hydrogen (secondary N) is 1. The van der Waals surface area contributed by atoms with Crippen molar-refractivity contribution >= 4 is 5.91 Å². The zero-order valence-electron chi connectivity index (χ0n) is 20.7. The van der Waals surface area contributed by atoms with E-state index < -0.39 is 0 Å². The predicted molar refractivity (Wildman–Crippen MR) is 134 cm³/mol. The van der Waals surface area contributed by atoms with Crippen molar-refractivity contribution in [2.24, 2.45) is 11.8 Å². The summed E-state index contributed by atoms with van der Waals surface area (Å²) >= 11 is 0. The van der Waals surface area contributed by atoms with Crippen LogP contribution in [0.5, 0.6) is 0 Å². The first-order valence-electron chi connectivity index (χ1n) is 12.5. The fraction of sp³-hybridized carbons (Fsp3) is 0.464. The van der Waals surface area contributed by atoms with Crippen LogP contribution in [0.2, 0.25) is 0 Å². The molecule has 4 atom stereocenters. The van der Waals surface area contributed by atoms with Crippen LogP contribution in [0.4, 0.5) is 4.39 Å². The molecule has 0 aliphatic carbocycles. The van der Waals surface area contributed by atoms with E-state index in [1.165, 1.54) is 17.7 Å². The van der Waals surface area contributed by atoms with E-state index in [0.717, 1.165) is 49.3 Å². The van der Waals surface area contributed by atoms with Gasteiger partial charge >= 0.3 is 0 Å². The summed E-state index contributed by atoms with van der Waals surface area (Å²) in [7, 11) is 0. The number of amides is 1. The molecule has 1 amide bonds. The Morgan fingerprint density at radius 2 is 1.86 bits per heavy atom. The number of hydrogen-bond acceptors (Lipinski definition) is 4. The van der Waals surface area contributed by atoms with Crippen LogP contribution in [0.3, 0.4) is 0 Å². The third-order valence-corrected chi connectivity index (χ3v) is 7.58. The fourth-order valence-corrected chi connectivity index (χ4v) is 5.42. The minimum atomic E-state index is -0.263. The number of carbonyl (C=O) groups excluding carboxylic acids is 1. The van der Waals surface area contributed by atoms with Gasteiger partial charge < -0.3 is 5.32 Å². The second-order valence-corrected chi connectivity index (χ2v) is 11.0. The number of piperidine rings is 3. The largest absolute Gasteiger partial charge is 0.352 e. The van der Waals surface area contributed by atoms with Crippen molar-refractivity contribution in [1.29, 1.82) is 0 Å². The van der Waals surface area contributed by atoms with Gasteiger partial charge in [0.2, 0.25) is 5.91 Å². The first-order valence-corrected chi connectivity index (χ1v) is 12.5. The third-order valence-electron chi connectivity index (χ3n) is 7.58. The smallest absolute Gasteiger partial charge is 0.224 e. The van der Waals surface area contributed by atoms with Crippen LogP contribution >= 0.6 is 0 Å². The molecule has 3 saturated heterocycles. The van der Waals surface area contributed by atoms with Crippen LogP contribution in [0.15, 0.2) is 54.7 Å². The molecule has 4 heterocycles. The molecule has 0 spiro atoms. The van der Waals surface area contributed by atoms with Crippen molar-refractivity contribution in [3.63, 3.8) is 0 Å². The topological polar surface area (TPSA) is 63.1 Å². The van der Waals surface area contributed by atoms with Crippen molar-refractivity contribution < 1.29 is 9.18 Å². The van der Waals surface area contributed by atoms with E-state index in [9.17, 15) is 9.18 Å². The van der Waals surface area contributed by atoms with Gasteiger partial charge in [0, 0.05) is 24.7 Å². The third kappa shape index (κ3) is 5.30. The van der Waals surface area contributed by atoms with Crippen molar-refractivity contribution in [1.82, 2.24) is 25.2 Å². The first-order chi connectivity index (χ1) is 16.8. The van der Waals surface area contributed by atoms with E-state index >= 15 is 0 Å². The quantitative estimate of drug-likeness (QED) is 0.574. The molecule has 0 radical (unpaired) electrons. The molecule has 1 N–H and O–H groups in total. The highest BCUT2D eigenvalue weighted by molar-refractivity contribution is 5.79. The van der Waals surface area contributed by atoms with Gasteiger partial charge in [-0.15, -0.1) is 5.10 Å². The Labute approximate surface area is 206 Å². The van der Waals surface area contributed by atoms with E-state index in [1.807, 2.05) is 10.9 Å². The minimum absolute atomic E-state index is 0.00749. The highest BCUT2D eigenvalue weighted by atomic mass is 19.1. The van der Waals surface area contributed by atoms with Gasteiger partial charge in [0.15, 0.2) is 0 Å². The average molecular weight is 476 g/mol. The molecule has 2 bridgehead atoms. The lowest BCUT2D eigenvalue weighted by molar-refractivity contribution is -0.133. The van der Waals surface area contributed by atoms with Gasteiger partial charge in [-0.1, -0.05) is 62.4 Å². The Kier molecular flexibility index (Phi) is 6.45. The van der Waals surface area contributed by atoms with Crippen LogP contribution in [0, 0.1) is 17.7 Å². The lowest BCUT2D eigenvalue weighted by atomic mass is 9.75. The van der Waals surface area contributed by atoms with Gasteiger partial charge in [0.1, 0.15) is 11.5 Å². The summed E-state index contributed by atoms with van der Waals surface area (Å²) < 4.78 is 15.1. The van der Waals surface area contributed by atoms with Crippen LogP contribution in [-0.2, 0) is 23.3 Å². The number of nitrogens with zero attached hydrogens (tertiary/aromatic N) is 4. The summed E-state index contributed by atoms with van der Waals surface area (Å²) in [6.45, 7) is 9.66. The van der Waals surface area contributed by atoms with Crippen molar-refractivity contribution in [2.75, 3.05) is 13.1 Å². The maximum Gasteiger partial charge on any atom is 0.224 e. The standard InChI is InChI=1S/C28H34FN5O/c1-28(2,3)22-8-6-20(7-9-22)26-18-34(32-31-26)16-24-14-21-12-13-33(24)17-25(21)27(35)30-15-19-4-10-23(29)11-5-19/h4-11,18,21,24-25H,12-17H2,1-3H3,(H,30,35)/t21-,24+,25-/m0/s1. The Morgan fingerprint density at radius 3 is 2.51 bits per heavy atom. The van der Waals surface area contributed by atoms with Crippen molar-refractivity contribution in [3.8, 4) is 11.3 Å². The first kappa shape index (κ1) is 23.7. The SMILES string of the molecule is CC(C)(C)c1ccc(-c2cn(C[C@H]3C[C@@H]4CCN3C[C@@H]4C(=O)NCc3ccc(F)cc3)nn2)cc1. The maximum absolute atomic E-state index is 13.1. The number of fused-ring (bicyclic) bond motifs is 3. The molecule has 3 aromatic rings. The van der Waals surface area contributed by atoms with Crippen LogP contribution in [-0.4, -0.2) is 44.9 Å². The molecule has 184 valence electrons. The number of aromatic nitrogens is 3. The minimum Gasteiger partial charge on any atom is -0.352 e. The zero-order chi connectivity index (χ0) is 24.6. The van der Waals surface area contributed by atoms with E-state index in [4.69, 9.17) is 0 Å². The van der Waals surface area contributed by atoms with E-state index in [1.54, 1.807) is 12.1 Å². The van der Waals surface area contributed by atoms with E-state index in [-0.39, 0.29) is 23.1 Å². The second kappa shape index (κ2) is 9.53. The molecule has 7 heteroatoms. The van der Waals surface area contributed by atoms with Gasteiger partial charge in [0.25, 0.3) is 0 Å². The summed E-state index contributed by atoms with van der Waals surface area (Å²) in [5.74, 6) is 0.227. The summed E-state index contributed by atoms with van der Waals surface area (Å²) in [6.07, 6.45) is 4.07. The molecule has 3 fully saturated rings. The molecule has 35 heavy (non-hydrogen) atoms. The highest BCUT2D eigenvalue weighted by Gasteiger charge is 2.43. The van der Waals surface area contributed by atoms with Gasteiger partial charge in [-0.25, -0.2) is 4.39 Å². The zero-order valence-corrected chi connectivity index (χ0v) is 20.7. The Balaban J connectivity index is 1.17. The molecule has 3 aliphatic rings. The van der Waals surface area contributed by atoms with Crippen molar-refractivity contribution in [3.05, 3.63) is 71.7 Å². The average Bonchev–Trinajstić information content (AvgIpc) is 3.32. The predicted octanol–water partition coefficient (Wildman–Crippen LogP) is 4.41. The normalized spacial score (nSPS) is 23.9. The molecule has 1 aromatic heterocycles. The molecule has 0 saturated carbocycles. The van der Waals surface area contributed by atoms with Gasteiger partial charge in [0.05, 0.1) is 18.7 Å². The van der Waals surface area contributed by atoms with Gasteiger partial charge in [-0.05, 0) is 54.0 Å². The van der Waals surface area contributed by atoms with Crippen molar-refractivity contribution in [2.45, 2.75) is 58.2 Å². The second-order valence-electron chi connectivity index (χ2n) is 11.0. The van der Waals surface area contributed by atoms with Crippen LogP contribution in [0.1, 0.15) is 44.7 Å². The number of halogens is 1. The van der Waals surface area contributed by atoms with Crippen LogP contribution < -0.4 is 5.32 Å². The lowest BCUT2D eigenvalue weighted by Crippen LogP contribution is -2.57.